The molecule has 0 amide bonds. The van der Waals surface area contributed by atoms with E-state index >= 15 is 0 Å². The number of benzene rings is 2. The zero-order chi connectivity index (χ0) is 14.5. The van der Waals surface area contributed by atoms with Crippen LogP contribution in [-0.2, 0) is 0 Å². The van der Waals surface area contributed by atoms with E-state index in [-0.39, 0.29) is 0 Å². The molecule has 0 bridgehead atoms. The van der Waals surface area contributed by atoms with Crippen molar-refractivity contribution in [1.82, 2.24) is 0 Å². The van der Waals surface area contributed by atoms with Gasteiger partial charge in [-0.25, -0.2) is 0 Å². The summed E-state index contributed by atoms with van der Waals surface area (Å²) in [5.74, 6) is 1.79. The van der Waals surface area contributed by atoms with Gasteiger partial charge in [0.15, 0.2) is 0 Å². The molecule has 104 valence electrons. The first-order chi connectivity index (χ1) is 9.63. The lowest BCUT2D eigenvalue weighted by Crippen LogP contribution is -1.90. The van der Waals surface area contributed by atoms with Crippen LogP contribution >= 0.6 is 0 Å². The molecule has 2 rings (SSSR count). The van der Waals surface area contributed by atoms with Crippen LogP contribution in [-0.4, -0.2) is 14.2 Å². The normalized spacial score (nSPS) is 10.8. The minimum absolute atomic E-state index is 0.871. The Morgan fingerprint density at radius 2 is 1.50 bits per heavy atom. The third kappa shape index (κ3) is 3.21. The van der Waals surface area contributed by atoms with Crippen molar-refractivity contribution >= 4 is 12.2 Å². The summed E-state index contributed by atoms with van der Waals surface area (Å²) in [7, 11) is 3.38. The van der Waals surface area contributed by atoms with Crippen molar-refractivity contribution in [2.75, 3.05) is 14.2 Å². The minimum Gasteiger partial charge on any atom is -0.497 e. The molecule has 0 aliphatic carbocycles. The summed E-state index contributed by atoms with van der Waals surface area (Å²) in [6.07, 6.45) is 4.20. The van der Waals surface area contributed by atoms with Gasteiger partial charge in [-0.3, -0.25) is 0 Å². The smallest absolute Gasteiger partial charge is 0.122 e. The molecule has 2 heteroatoms. The molecule has 0 aliphatic heterocycles. The van der Waals surface area contributed by atoms with Crippen LogP contribution in [0.5, 0.6) is 11.5 Å². The van der Waals surface area contributed by atoms with Gasteiger partial charge in [0.2, 0.25) is 0 Å². The molecule has 0 fully saturated rings. The van der Waals surface area contributed by atoms with Gasteiger partial charge in [0.1, 0.15) is 11.5 Å². The Kier molecular flexibility index (Phi) is 4.46. The molecule has 0 aliphatic rings. The molecular formula is C18H20O2. The van der Waals surface area contributed by atoms with Crippen LogP contribution in [0.2, 0.25) is 0 Å². The maximum Gasteiger partial charge on any atom is 0.122 e. The average Bonchev–Trinajstić information content (AvgIpc) is 2.47. The summed E-state index contributed by atoms with van der Waals surface area (Å²) in [6.45, 7) is 4.17. The van der Waals surface area contributed by atoms with Crippen molar-refractivity contribution in [1.29, 1.82) is 0 Å². The molecule has 2 nitrogen and oxygen atoms in total. The molecule has 0 atom stereocenters. The summed E-state index contributed by atoms with van der Waals surface area (Å²) in [6, 6.07) is 12.2. The minimum atomic E-state index is 0.871. The standard InChI is InChI=1S/C18H20O2/c1-13-11-14(2)18(20-4)12-16(13)8-5-15-6-9-17(19-3)10-7-15/h5-12H,1-4H3/b8-5-. The van der Waals surface area contributed by atoms with Crippen LogP contribution in [0.1, 0.15) is 22.3 Å². The van der Waals surface area contributed by atoms with Gasteiger partial charge in [0.05, 0.1) is 14.2 Å². The monoisotopic (exact) mass is 268 g/mol. The Hall–Kier alpha value is -2.22. The zero-order valence-corrected chi connectivity index (χ0v) is 12.4. The zero-order valence-electron chi connectivity index (χ0n) is 12.4. The number of hydrogen-bond acceptors (Lipinski definition) is 2. The molecule has 0 spiro atoms. The van der Waals surface area contributed by atoms with E-state index in [2.05, 4.69) is 38.1 Å². The maximum atomic E-state index is 5.37. The first-order valence-electron chi connectivity index (χ1n) is 6.61. The summed E-state index contributed by atoms with van der Waals surface area (Å²) in [5, 5.41) is 0. The van der Waals surface area contributed by atoms with Gasteiger partial charge in [0, 0.05) is 0 Å². The molecular weight excluding hydrogens is 248 g/mol. The van der Waals surface area contributed by atoms with Crippen LogP contribution < -0.4 is 9.47 Å². The second-order valence-corrected chi connectivity index (χ2v) is 4.78. The SMILES string of the molecule is COc1ccc(/C=C\c2cc(OC)c(C)cc2C)cc1. The quantitative estimate of drug-likeness (QED) is 0.761. The summed E-state index contributed by atoms with van der Waals surface area (Å²) >= 11 is 0. The lowest BCUT2D eigenvalue weighted by atomic mass is 10.0. The molecule has 0 radical (unpaired) electrons. The third-order valence-corrected chi connectivity index (χ3v) is 3.35. The van der Waals surface area contributed by atoms with Crippen molar-refractivity contribution in [2.24, 2.45) is 0 Å². The van der Waals surface area contributed by atoms with E-state index < -0.39 is 0 Å². The van der Waals surface area contributed by atoms with E-state index in [0.717, 1.165) is 22.6 Å². The Morgan fingerprint density at radius 1 is 0.800 bits per heavy atom. The van der Waals surface area contributed by atoms with Crippen LogP contribution in [0, 0.1) is 13.8 Å². The van der Waals surface area contributed by atoms with E-state index in [1.54, 1.807) is 14.2 Å². The number of hydrogen-bond donors (Lipinski definition) is 0. The largest absolute Gasteiger partial charge is 0.497 e. The van der Waals surface area contributed by atoms with Crippen molar-refractivity contribution in [3.8, 4) is 11.5 Å². The van der Waals surface area contributed by atoms with Crippen molar-refractivity contribution in [3.05, 3.63) is 58.7 Å². The van der Waals surface area contributed by atoms with Crippen molar-refractivity contribution < 1.29 is 9.47 Å². The molecule has 0 heterocycles. The fourth-order valence-electron chi connectivity index (χ4n) is 2.15. The summed E-state index contributed by atoms with van der Waals surface area (Å²) in [4.78, 5) is 0. The molecule has 0 unspecified atom stereocenters. The lowest BCUT2D eigenvalue weighted by molar-refractivity contribution is 0.411. The Bertz CT molecular complexity index is 610. The molecule has 2 aromatic carbocycles. The number of methoxy groups -OCH3 is 2. The second-order valence-electron chi connectivity index (χ2n) is 4.78. The third-order valence-electron chi connectivity index (χ3n) is 3.35. The van der Waals surface area contributed by atoms with Crippen LogP contribution in [0.3, 0.4) is 0 Å². The highest BCUT2D eigenvalue weighted by molar-refractivity contribution is 5.72. The molecule has 2 aromatic rings. The predicted octanol–water partition coefficient (Wildman–Crippen LogP) is 4.49. The van der Waals surface area contributed by atoms with Crippen LogP contribution in [0.4, 0.5) is 0 Å². The topological polar surface area (TPSA) is 18.5 Å². The molecule has 0 N–H and O–H groups in total. The molecule has 0 saturated heterocycles. The highest BCUT2D eigenvalue weighted by Crippen LogP contribution is 2.24. The van der Waals surface area contributed by atoms with Crippen molar-refractivity contribution in [3.63, 3.8) is 0 Å². The molecule has 20 heavy (non-hydrogen) atoms. The van der Waals surface area contributed by atoms with Gasteiger partial charge in [-0.1, -0.05) is 30.4 Å². The number of aryl methyl sites for hydroxylation is 2. The van der Waals surface area contributed by atoms with E-state index in [0.29, 0.717) is 0 Å². The molecule has 0 saturated carbocycles. The van der Waals surface area contributed by atoms with Gasteiger partial charge >= 0.3 is 0 Å². The molecule has 0 aromatic heterocycles. The lowest BCUT2D eigenvalue weighted by Gasteiger charge is -2.08. The fourth-order valence-corrected chi connectivity index (χ4v) is 2.15. The first kappa shape index (κ1) is 14.2. The number of ether oxygens (including phenoxy) is 2. The second kappa shape index (κ2) is 6.29. The first-order valence-corrected chi connectivity index (χ1v) is 6.61. The highest BCUT2D eigenvalue weighted by Gasteiger charge is 2.02. The van der Waals surface area contributed by atoms with E-state index in [9.17, 15) is 0 Å². The van der Waals surface area contributed by atoms with Gasteiger partial charge in [0.25, 0.3) is 0 Å². The van der Waals surface area contributed by atoms with Gasteiger partial charge in [-0.05, 0) is 54.3 Å². The Labute approximate surface area is 120 Å². The average molecular weight is 268 g/mol. The summed E-state index contributed by atoms with van der Waals surface area (Å²) < 4.78 is 10.5. The maximum absolute atomic E-state index is 5.37. The Morgan fingerprint density at radius 3 is 2.10 bits per heavy atom. The van der Waals surface area contributed by atoms with E-state index in [1.165, 1.54) is 11.1 Å². The van der Waals surface area contributed by atoms with Crippen molar-refractivity contribution in [2.45, 2.75) is 13.8 Å². The van der Waals surface area contributed by atoms with Crippen LogP contribution in [0.25, 0.3) is 12.2 Å². The number of rotatable bonds is 4. The van der Waals surface area contributed by atoms with Gasteiger partial charge < -0.3 is 9.47 Å². The van der Waals surface area contributed by atoms with Gasteiger partial charge in [-0.2, -0.15) is 0 Å². The van der Waals surface area contributed by atoms with Crippen LogP contribution in [0.15, 0.2) is 36.4 Å². The summed E-state index contributed by atoms with van der Waals surface area (Å²) in [5.41, 5.74) is 4.72. The predicted molar refractivity (Wildman–Crippen MR) is 84.4 cm³/mol. The van der Waals surface area contributed by atoms with E-state index in [1.807, 2.05) is 24.3 Å². The highest BCUT2D eigenvalue weighted by atomic mass is 16.5. The van der Waals surface area contributed by atoms with Gasteiger partial charge in [-0.15, -0.1) is 0 Å². The fraction of sp³-hybridized carbons (Fsp3) is 0.222. The Balaban J connectivity index is 2.26. The van der Waals surface area contributed by atoms with E-state index in [4.69, 9.17) is 9.47 Å².